The monoisotopic (exact) mass is 223 g/mol. The van der Waals surface area contributed by atoms with Crippen molar-refractivity contribution >= 4 is 5.84 Å². The van der Waals surface area contributed by atoms with Gasteiger partial charge in [-0.2, -0.15) is 0 Å². The summed E-state index contributed by atoms with van der Waals surface area (Å²) in [7, 11) is 0. The maximum Gasteiger partial charge on any atom is 0.0968 e. The normalized spacial score (nSPS) is 29.1. The van der Waals surface area contributed by atoms with Crippen LogP contribution < -0.4 is 5.73 Å². The predicted molar refractivity (Wildman–Crippen MR) is 68.7 cm³/mol. The maximum atomic E-state index is 6.06. The molecule has 0 aromatic carbocycles. The first kappa shape index (κ1) is 11.9. The fourth-order valence-corrected chi connectivity index (χ4v) is 2.93. The summed E-state index contributed by atoms with van der Waals surface area (Å²) < 4.78 is 0. The van der Waals surface area contributed by atoms with E-state index < -0.39 is 0 Å². The van der Waals surface area contributed by atoms with Crippen LogP contribution in [0.2, 0.25) is 0 Å². The molecule has 1 heterocycles. The average Bonchev–Trinajstić information content (AvgIpc) is 2.96. The lowest BCUT2D eigenvalue weighted by atomic mass is 10.1. The molecule has 0 bridgehead atoms. The van der Waals surface area contributed by atoms with Gasteiger partial charge in [-0.1, -0.05) is 19.8 Å². The lowest BCUT2D eigenvalue weighted by molar-refractivity contribution is 0.343. The summed E-state index contributed by atoms with van der Waals surface area (Å²) in [6, 6.07) is 0. The number of hydrogen-bond acceptors (Lipinski definition) is 2. The second-order valence-corrected chi connectivity index (χ2v) is 5.29. The first-order valence-corrected chi connectivity index (χ1v) is 6.81. The van der Waals surface area contributed by atoms with Crippen LogP contribution in [-0.4, -0.2) is 36.9 Å². The summed E-state index contributed by atoms with van der Waals surface area (Å²) in [5.41, 5.74) is 6.06. The van der Waals surface area contributed by atoms with Crippen molar-refractivity contribution in [1.29, 1.82) is 0 Å². The molecule has 0 spiro atoms. The van der Waals surface area contributed by atoms with Crippen molar-refractivity contribution in [3.63, 3.8) is 0 Å². The standard InChI is InChI=1S/C13H25N3/c1-2-16-8-7-11(10-16)9-15-13(14)12-5-3-4-6-12/h11-12H,2-10H2,1H3,(H2,14,15). The molecule has 3 nitrogen and oxygen atoms in total. The second kappa shape index (κ2) is 5.67. The number of likely N-dealkylation sites (tertiary alicyclic amines) is 1. The van der Waals surface area contributed by atoms with Crippen molar-refractivity contribution in [3.05, 3.63) is 0 Å². The number of amidine groups is 1. The molecule has 0 aromatic rings. The molecule has 3 heteroatoms. The molecule has 0 aromatic heterocycles. The van der Waals surface area contributed by atoms with Gasteiger partial charge in [0.1, 0.15) is 0 Å². The van der Waals surface area contributed by atoms with Crippen LogP contribution in [0.3, 0.4) is 0 Å². The molecule has 1 aliphatic carbocycles. The van der Waals surface area contributed by atoms with E-state index in [1.807, 2.05) is 0 Å². The van der Waals surface area contributed by atoms with Crippen LogP contribution in [0.1, 0.15) is 39.0 Å². The van der Waals surface area contributed by atoms with Gasteiger partial charge in [-0.3, -0.25) is 4.99 Å². The zero-order chi connectivity index (χ0) is 11.4. The largest absolute Gasteiger partial charge is 0.387 e. The van der Waals surface area contributed by atoms with E-state index in [0.29, 0.717) is 5.92 Å². The van der Waals surface area contributed by atoms with Crippen LogP contribution in [0.25, 0.3) is 0 Å². The summed E-state index contributed by atoms with van der Waals surface area (Å²) in [6.45, 7) is 6.84. The Hall–Kier alpha value is -0.570. The molecule has 0 amide bonds. The Bertz CT molecular complexity index is 244. The number of nitrogens with zero attached hydrogens (tertiary/aromatic N) is 2. The Morgan fingerprint density at radius 3 is 2.69 bits per heavy atom. The molecule has 92 valence electrons. The van der Waals surface area contributed by atoms with Gasteiger partial charge in [0.15, 0.2) is 0 Å². The molecule has 2 N–H and O–H groups in total. The highest BCUT2D eigenvalue weighted by atomic mass is 15.1. The van der Waals surface area contributed by atoms with E-state index in [4.69, 9.17) is 5.73 Å². The van der Waals surface area contributed by atoms with Gasteiger partial charge in [-0.15, -0.1) is 0 Å². The van der Waals surface area contributed by atoms with E-state index in [9.17, 15) is 0 Å². The van der Waals surface area contributed by atoms with Crippen LogP contribution in [0.4, 0.5) is 0 Å². The van der Waals surface area contributed by atoms with Gasteiger partial charge in [0.25, 0.3) is 0 Å². The van der Waals surface area contributed by atoms with Crippen molar-refractivity contribution in [3.8, 4) is 0 Å². The fraction of sp³-hybridized carbons (Fsp3) is 0.923. The van der Waals surface area contributed by atoms with Gasteiger partial charge < -0.3 is 10.6 Å². The molecule has 2 aliphatic rings. The fourth-order valence-electron chi connectivity index (χ4n) is 2.93. The van der Waals surface area contributed by atoms with Crippen molar-refractivity contribution in [2.75, 3.05) is 26.2 Å². The number of hydrogen-bond donors (Lipinski definition) is 1. The van der Waals surface area contributed by atoms with E-state index in [0.717, 1.165) is 18.3 Å². The second-order valence-electron chi connectivity index (χ2n) is 5.29. The summed E-state index contributed by atoms with van der Waals surface area (Å²) in [6.07, 6.45) is 6.51. The molecule has 16 heavy (non-hydrogen) atoms. The smallest absolute Gasteiger partial charge is 0.0968 e. The van der Waals surface area contributed by atoms with Crippen molar-refractivity contribution in [1.82, 2.24) is 4.90 Å². The Morgan fingerprint density at radius 1 is 1.31 bits per heavy atom. The van der Waals surface area contributed by atoms with Crippen molar-refractivity contribution in [2.24, 2.45) is 22.6 Å². The summed E-state index contributed by atoms with van der Waals surface area (Å²) in [4.78, 5) is 7.13. The van der Waals surface area contributed by atoms with E-state index in [2.05, 4.69) is 16.8 Å². The van der Waals surface area contributed by atoms with Crippen molar-refractivity contribution < 1.29 is 0 Å². The number of nitrogens with two attached hydrogens (primary N) is 1. The average molecular weight is 223 g/mol. The maximum absolute atomic E-state index is 6.06. The van der Waals surface area contributed by atoms with Gasteiger partial charge in [-0.05, 0) is 38.3 Å². The van der Waals surface area contributed by atoms with Crippen LogP contribution in [0.5, 0.6) is 0 Å². The highest BCUT2D eigenvalue weighted by Gasteiger charge is 2.22. The number of aliphatic imine (C=N–C) groups is 1. The third-order valence-electron chi connectivity index (χ3n) is 4.12. The molecule has 2 rings (SSSR count). The van der Waals surface area contributed by atoms with E-state index in [-0.39, 0.29) is 0 Å². The van der Waals surface area contributed by atoms with Crippen molar-refractivity contribution in [2.45, 2.75) is 39.0 Å². The third kappa shape index (κ3) is 2.97. The molecule has 2 fully saturated rings. The summed E-state index contributed by atoms with van der Waals surface area (Å²) >= 11 is 0. The molecule has 1 saturated heterocycles. The molecule has 1 atom stereocenters. The highest BCUT2D eigenvalue weighted by Crippen LogP contribution is 2.25. The lowest BCUT2D eigenvalue weighted by Crippen LogP contribution is -2.24. The Balaban J connectivity index is 1.75. The van der Waals surface area contributed by atoms with Crippen LogP contribution in [0, 0.1) is 11.8 Å². The van der Waals surface area contributed by atoms with E-state index in [1.54, 1.807) is 0 Å². The highest BCUT2D eigenvalue weighted by molar-refractivity contribution is 5.83. The molecule has 1 unspecified atom stereocenters. The van der Waals surface area contributed by atoms with E-state index in [1.165, 1.54) is 51.7 Å². The Morgan fingerprint density at radius 2 is 2.06 bits per heavy atom. The van der Waals surface area contributed by atoms with Gasteiger partial charge in [0, 0.05) is 19.0 Å². The van der Waals surface area contributed by atoms with Gasteiger partial charge in [0.2, 0.25) is 0 Å². The lowest BCUT2D eigenvalue weighted by Gasteiger charge is -2.13. The SMILES string of the molecule is CCN1CCC(CN=C(N)C2CCCC2)C1. The van der Waals surface area contributed by atoms with Crippen LogP contribution in [-0.2, 0) is 0 Å². The van der Waals surface area contributed by atoms with Gasteiger partial charge in [-0.25, -0.2) is 0 Å². The molecular weight excluding hydrogens is 198 g/mol. The third-order valence-corrected chi connectivity index (χ3v) is 4.12. The molecular formula is C13H25N3. The van der Waals surface area contributed by atoms with Gasteiger partial charge in [0.05, 0.1) is 5.84 Å². The molecule has 1 saturated carbocycles. The first-order valence-electron chi connectivity index (χ1n) is 6.81. The number of rotatable bonds is 4. The predicted octanol–water partition coefficient (Wildman–Crippen LogP) is 1.88. The minimum atomic E-state index is 0.601. The van der Waals surface area contributed by atoms with Crippen LogP contribution in [0.15, 0.2) is 4.99 Å². The van der Waals surface area contributed by atoms with Crippen LogP contribution >= 0.6 is 0 Å². The molecule has 1 aliphatic heterocycles. The van der Waals surface area contributed by atoms with E-state index >= 15 is 0 Å². The zero-order valence-electron chi connectivity index (χ0n) is 10.5. The summed E-state index contributed by atoms with van der Waals surface area (Å²) in [5, 5.41) is 0. The summed E-state index contributed by atoms with van der Waals surface area (Å²) in [5.74, 6) is 2.29. The first-order chi connectivity index (χ1) is 7.79. The quantitative estimate of drug-likeness (QED) is 0.584. The zero-order valence-corrected chi connectivity index (χ0v) is 10.5. The minimum absolute atomic E-state index is 0.601. The minimum Gasteiger partial charge on any atom is -0.387 e. The topological polar surface area (TPSA) is 41.6 Å². The Labute approximate surface area is 99.1 Å². The molecule has 0 radical (unpaired) electrons. The van der Waals surface area contributed by atoms with Gasteiger partial charge >= 0.3 is 0 Å². The Kier molecular flexibility index (Phi) is 4.22.